The molecule has 0 saturated carbocycles. The normalized spacial score (nSPS) is 14.5. The summed E-state index contributed by atoms with van der Waals surface area (Å²) in [4.78, 5) is 43.0. The van der Waals surface area contributed by atoms with Crippen molar-refractivity contribution in [3.63, 3.8) is 0 Å². The molecule has 1 amide bonds. The van der Waals surface area contributed by atoms with E-state index in [1.807, 2.05) is 13.8 Å². The third-order valence-electron chi connectivity index (χ3n) is 8.27. The van der Waals surface area contributed by atoms with Gasteiger partial charge in [0.15, 0.2) is 11.5 Å². The van der Waals surface area contributed by atoms with Gasteiger partial charge in [-0.25, -0.2) is 9.59 Å². The minimum absolute atomic E-state index is 0.00233. The molecule has 1 unspecified atom stereocenters. The highest BCUT2D eigenvalue weighted by Crippen LogP contribution is 2.38. The van der Waals surface area contributed by atoms with E-state index in [4.69, 9.17) is 45.8 Å². The van der Waals surface area contributed by atoms with Gasteiger partial charge in [0.1, 0.15) is 11.9 Å². The van der Waals surface area contributed by atoms with Gasteiger partial charge in [-0.2, -0.15) is 0 Å². The molecule has 13 nitrogen and oxygen atoms in total. The Morgan fingerprint density at radius 1 is 0.840 bits per heavy atom. The molecule has 2 aromatic rings. The highest BCUT2D eigenvalue weighted by molar-refractivity contribution is 6.35. The third-order valence-corrected chi connectivity index (χ3v) is 8.66. The van der Waals surface area contributed by atoms with E-state index in [-0.39, 0.29) is 53.2 Å². The number of carbonyl (C=O) groups excluding carboxylic acids is 3. The molecule has 3 N–H and O–H groups in total. The van der Waals surface area contributed by atoms with Crippen molar-refractivity contribution in [2.24, 2.45) is 11.7 Å². The number of carbonyl (C=O) groups is 3. The number of aliphatic hydroxyl groups excluding tert-OH is 1. The van der Waals surface area contributed by atoms with Crippen LogP contribution in [0, 0.1) is 5.92 Å². The Balaban J connectivity index is 1.73. The molecule has 1 heterocycles. The van der Waals surface area contributed by atoms with Gasteiger partial charge in [-0.1, -0.05) is 25.4 Å². The van der Waals surface area contributed by atoms with Crippen LogP contribution in [0.15, 0.2) is 24.3 Å². The van der Waals surface area contributed by atoms with Crippen molar-refractivity contribution in [2.75, 3.05) is 80.4 Å². The van der Waals surface area contributed by atoms with Crippen LogP contribution in [0.2, 0.25) is 5.02 Å². The zero-order valence-corrected chi connectivity index (χ0v) is 30.6. The zero-order valence-electron chi connectivity index (χ0n) is 29.8. The SMILES string of the molecule is COc1cc(C(=O)OC(CCCOc2cc(C(=O)OCC(C)C)cc(C(N)=O)c2Cl)CCN2CCCN(CCCO)CC2)cc(OC)c1OC. The summed E-state index contributed by atoms with van der Waals surface area (Å²) >= 11 is 6.45. The van der Waals surface area contributed by atoms with Crippen molar-refractivity contribution in [2.45, 2.75) is 52.1 Å². The first-order valence-electron chi connectivity index (χ1n) is 17.0. The van der Waals surface area contributed by atoms with Crippen LogP contribution >= 0.6 is 11.6 Å². The lowest BCUT2D eigenvalue weighted by Crippen LogP contribution is -2.34. The zero-order chi connectivity index (χ0) is 36.6. The predicted molar refractivity (Wildman–Crippen MR) is 189 cm³/mol. The Kier molecular flexibility index (Phi) is 16.9. The van der Waals surface area contributed by atoms with E-state index in [1.54, 1.807) is 12.1 Å². The molecule has 0 aliphatic carbocycles. The van der Waals surface area contributed by atoms with E-state index in [0.717, 1.165) is 52.1 Å². The van der Waals surface area contributed by atoms with Crippen LogP contribution in [0.5, 0.6) is 23.0 Å². The number of benzene rings is 2. The Morgan fingerprint density at radius 2 is 1.46 bits per heavy atom. The number of hydrogen-bond donors (Lipinski definition) is 2. The largest absolute Gasteiger partial charge is 0.493 e. The maximum Gasteiger partial charge on any atom is 0.338 e. The van der Waals surface area contributed by atoms with E-state index in [0.29, 0.717) is 36.5 Å². The highest BCUT2D eigenvalue weighted by Gasteiger charge is 2.24. The molecule has 50 heavy (non-hydrogen) atoms. The smallest absolute Gasteiger partial charge is 0.338 e. The number of rotatable bonds is 20. The summed E-state index contributed by atoms with van der Waals surface area (Å²) in [6.45, 7) is 9.63. The van der Waals surface area contributed by atoms with Gasteiger partial charge >= 0.3 is 11.9 Å². The summed E-state index contributed by atoms with van der Waals surface area (Å²) in [6.07, 6.45) is 2.80. The molecular weight excluding hydrogens is 670 g/mol. The van der Waals surface area contributed by atoms with Crippen LogP contribution in [0.25, 0.3) is 0 Å². The third kappa shape index (κ3) is 12.2. The van der Waals surface area contributed by atoms with Crippen molar-refractivity contribution in [3.8, 4) is 23.0 Å². The second kappa shape index (κ2) is 20.8. The number of amides is 1. The van der Waals surface area contributed by atoms with Gasteiger partial charge in [0, 0.05) is 32.8 Å². The van der Waals surface area contributed by atoms with E-state index >= 15 is 0 Å². The standard InChI is InChI=1S/C36H52ClN3O10/c1-24(2)23-49-35(43)25-19-28(34(38)42)32(37)29(20-25)48-18-6-9-27(10-14-40-12-7-11-39(15-16-40)13-8-17-41)50-36(44)26-21-30(45-3)33(47-5)31(22-26)46-4/h19-22,24,27,41H,6-18,23H2,1-5H3,(H2,38,42). The number of nitrogens with zero attached hydrogens (tertiary/aromatic N) is 2. The van der Waals surface area contributed by atoms with Crippen LogP contribution in [0.4, 0.5) is 0 Å². The molecular formula is C36H52ClN3O10. The summed E-state index contributed by atoms with van der Waals surface area (Å²) in [5.41, 5.74) is 5.83. The number of hydrogen-bond acceptors (Lipinski definition) is 12. The number of primary amides is 1. The Bertz CT molecular complexity index is 1400. The molecule has 1 aliphatic heterocycles. The fourth-order valence-corrected chi connectivity index (χ4v) is 5.85. The van der Waals surface area contributed by atoms with E-state index in [2.05, 4.69) is 9.80 Å². The number of methoxy groups -OCH3 is 3. The van der Waals surface area contributed by atoms with Gasteiger partial charge in [0.25, 0.3) is 0 Å². The second-order valence-corrected chi connectivity index (χ2v) is 12.9. The van der Waals surface area contributed by atoms with Gasteiger partial charge < -0.3 is 49.1 Å². The molecule has 0 aromatic heterocycles. The lowest BCUT2D eigenvalue weighted by molar-refractivity contribution is 0.0221. The van der Waals surface area contributed by atoms with Gasteiger partial charge in [0.2, 0.25) is 11.7 Å². The van der Waals surface area contributed by atoms with Crippen LogP contribution in [0.1, 0.15) is 77.0 Å². The maximum absolute atomic E-state index is 13.5. The number of nitrogens with two attached hydrogens (primary N) is 1. The average Bonchev–Trinajstić information content (AvgIpc) is 3.34. The Hall–Kier alpha value is -3.78. The highest BCUT2D eigenvalue weighted by atomic mass is 35.5. The van der Waals surface area contributed by atoms with Gasteiger partial charge in [-0.05, 0) is 75.4 Å². The Morgan fingerprint density at radius 3 is 2.04 bits per heavy atom. The fraction of sp³-hybridized carbons (Fsp3) is 0.583. The Labute approximate surface area is 299 Å². The molecule has 0 radical (unpaired) electrons. The van der Waals surface area contributed by atoms with Crippen molar-refractivity contribution in [3.05, 3.63) is 46.0 Å². The lowest BCUT2D eigenvalue weighted by Gasteiger charge is -2.25. The monoisotopic (exact) mass is 721 g/mol. The van der Waals surface area contributed by atoms with Gasteiger partial charge in [0.05, 0.1) is 56.3 Å². The minimum atomic E-state index is -0.804. The van der Waals surface area contributed by atoms with E-state index in [9.17, 15) is 19.5 Å². The molecule has 2 aromatic carbocycles. The first-order chi connectivity index (χ1) is 24.0. The molecule has 0 spiro atoms. The van der Waals surface area contributed by atoms with Crippen LogP contribution in [-0.2, 0) is 9.47 Å². The molecule has 1 fully saturated rings. The molecule has 278 valence electrons. The van der Waals surface area contributed by atoms with Gasteiger partial charge in [-0.15, -0.1) is 0 Å². The lowest BCUT2D eigenvalue weighted by atomic mass is 10.1. The maximum atomic E-state index is 13.5. The minimum Gasteiger partial charge on any atom is -0.493 e. The fourth-order valence-electron chi connectivity index (χ4n) is 5.59. The molecule has 1 saturated heterocycles. The number of esters is 2. The van der Waals surface area contributed by atoms with Crippen molar-refractivity contribution < 1.29 is 47.9 Å². The number of halogens is 1. The molecule has 1 aliphatic rings. The average molecular weight is 722 g/mol. The summed E-state index contributed by atoms with van der Waals surface area (Å²) in [6, 6.07) is 5.84. The molecule has 1 atom stereocenters. The summed E-state index contributed by atoms with van der Waals surface area (Å²) in [5.74, 6) is -0.676. The first kappa shape index (κ1) is 40.6. The number of ether oxygens (including phenoxy) is 6. The topological polar surface area (TPSA) is 159 Å². The summed E-state index contributed by atoms with van der Waals surface area (Å²) < 4.78 is 33.6. The van der Waals surface area contributed by atoms with Crippen molar-refractivity contribution in [1.29, 1.82) is 0 Å². The van der Waals surface area contributed by atoms with E-state index < -0.39 is 23.9 Å². The summed E-state index contributed by atoms with van der Waals surface area (Å²) in [5, 5.41) is 9.22. The quantitative estimate of drug-likeness (QED) is 0.146. The van der Waals surface area contributed by atoms with Crippen LogP contribution < -0.4 is 24.7 Å². The predicted octanol–water partition coefficient (Wildman–Crippen LogP) is 4.44. The van der Waals surface area contributed by atoms with Crippen molar-refractivity contribution >= 4 is 29.4 Å². The van der Waals surface area contributed by atoms with Gasteiger partial charge in [-0.3, -0.25) is 4.79 Å². The first-order valence-corrected chi connectivity index (χ1v) is 17.4. The molecule has 0 bridgehead atoms. The van der Waals surface area contributed by atoms with Crippen LogP contribution in [0.3, 0.4) is 0 Å². The molecule has 3 rings (SSSR count). The van der Waals surface area contributed by atoms with Crippen LogP contribution in [-0.4, -0.2) is 119 Å². The second-order valence-electron chi connectivity index (χ2n) is 12.5. The van der Waals surface area contributed by atoms with Crippen molar-refractivity contribution in [1.82, 2.24) is 9.80 Å². The molecule has 14 heteroatoms. The van der Waals surface area contributed by atoms with E-state index in [1.165, 1.54) is 33.5 Å². The number of aliphatic hydroxyl groups is 1. The summed E-state index contributed by atoms with van der Waals surface area (Å²) in [7, 11) is 4.44.